The number of para-hydroxylation sites is 2. The zero-order valence-corrected chi connectivity index (χ0v) is 25.0. The molecule has 1 N–H and O–H groups in total. The third kappa shape index (κ3) is 6.48. The number of thioether (sulfide) groups is 1. The fourth-order valence-electron chi connectivity index (χ4n) is 5.24. The number of hydrogen-bond donors (Lipinski definition) is 1. The van der Waals surface area contributed by atoms with E-state index in [9.17, 15) is 4.79 Å². The second-order valence-corrected chi connectivity index (χ2v) is 11.7. The molecule has 3 heterocycles. The Kier molecular flexibility index (Phi) is 9.39. The molecule has 0 aliphatic carbocycles. The predicted molar refractivity (Wildman–Crippen MR) is 171 cm³/mol. The van der Waals surface area contributed by atoms with E-state index in [1.807, 2.05) is 36.5 Å². The van der Waals surface area contributed by atoms with Gasteiger partial charge in [-0.1, -0.05) is 82.9 Å². The largest absolute Gasteiger partial charge is 0.491 e. The van der Waals surface area contributed by atoms with Crippen molar-refractivity contribution in [3.05, 3.63) is 71.4 Å². The van der Waals surface area contributed by atoms with Crippen LogP contribution in [-0.2, 0) is 11.3 Å². The Balaban J connectivity index is 1.32. The summed E-state index contributed by atoms with van der Waals surface area (Å²) in [6.45, 7) is 7.80. The van der Waals surface area contributed by atoms with Gasteiger partial charge in [-0.25, -0.2) is 0 Å². The zero-order chi connectivity index (χ0) is 28.8. The topological polar surface area (TPSA) is 83.0 Å². The van der Waals surface area contributed by atoms with Gasteiger partial charge in [0.2, 0.25) is 5.17 Å². The molecular formula is C33H39N5O2S. The minimum atomic E-state index is -0.394. The number of carbonyl (C=O) groups excluding carboxylic acids is 1. The molecule has 0 saturated heterocycles. The lowest BCUT2D eigenvalue weighted by Crippen LogP contribution is -2.35. The predicted octanol–water partition coefficient (Wildman–Crippen LogP) is 8.21. The van der Waals surface area contributed by atoms with Crippen molar-refractivity contribution in [3.8, 4) is 5.75 Å². The molecule has 214 valence electrons. The SMILES string of the molecule is CCCCCCCC1=NN2C(=N)/C(=C/c3cn(CCOc4ccccc4C(C)CC)c4ccccc34)C(=O)N=C2S1. The third-order valence-corrected chi connectivity index (χ3v) is 8.73. The van der Waals surface area contributed by atoms with Gasteiger partial charge in [0, 0.05) is 22.7 Å². The molecule has 2 aliphatic heterocycles. The lowest BCUT2D eigenvalue weighted by molar-refractivity contribution is -0.114. The van der Waals surface area contributed by atoms with Crippen molar-refractivity contribution < 1.29 is 9.53 Å². The number of hydrogen-bond acceptors (Lipinski definition) is 5. The van der Waals surface area contributed by atoms with Crippen molar-refractivity contribution in [2.75, 3.05) is 6.61 Å². The van der Waals surface area contributed by atoms with Gasteiger partial charge in [0.15, 0.2) is 5.84 Å². The Morgan fingerprint density at radius 1 is 1.05 bits per heavy atom. The van der Waals surface area contributed by atoms with Crippen molar-refractivity contribution in [1.29, 1.82) is 5.41 Å². The number of carbonyl (C=O) groups is 1. The summed E-state index contributed by atoms with van der Waals surface area (Å²) < 4.78 is 8.40. The molecule has 1 unspecified atom stereocenters. The van der Waals surface area contributed by atoms with Crippen LogP contribution in [0.15, 0.2) is 70.4 Å². The number of nitrogens with one attached hydrogen (secondary N) is 1. The maximum atomic E-state index is 13.1. The molecule has 0 radical (unpaired) electrons. The number of rotatable bonds is 13. The summed E-state index contributed by atoms with van der Waals surface area (Å²) in [5, 5.41) is 17.4. The number of aliphatic imine (C=N–C) groups is 1. The molecule has 1 atom stereocenters. The highest BCUT2D eigenvalue weighted by Crippen LogP contribution is 2.32. The van der Waals surface area contributed by atoms with Gasteiger partial charge >= 0.3 is 0 Å². The van der Waals surface area contributed by atoms with Crippen LogP contribution in [-0.4, -0.2) is 38.1 Å². The molecule has 1 aromatic heterocycles. The Bertz CT molecular complexity index is 1520. The summed E-state index contributed by atoms with van der Waals surface area (Å²) in [5.74, 6) is 1.05. The molecule has 41 heavy (non-hydrogen) atoms. The van der Waals surface area contributed by atoms with Gasteiger partial charge in [0.1, 0.15) is 17.4 Å². The van der Waals surface area contributed by atoms with E-state index in [0.717, 1.165) is 46.5 Å². The molecule has 2 aromatic carbocycles. The molecular weight excluding hydrogens is 530 g/mol. The quantitative estimate of drug-likeness (QED) is 0.166. The van der Waals surface area contributed by atoms with Crippen LogP contribution in [0.3, 0.4) is 0 Å². The average Bonchev–Trinajstić information content (AvgIpc) is 3.56. The van der Waals surface area contributed by atoms with Crippen LogP contribution in [0.2, 0.25) is 0 Å². The third-order valence-electron chi connectivity index (χ3n) is 7.76. The van der Waals surface area contributed by atoms with E-state index < -0.39 is 5.91 Å². The van der Waals surface area contributed by atoms with Crippen LogP contribution in [0.4, 0.5) is 0 Å². The molecule has 3 aromatic rings. The van der Waals surface area contributed by atoms with E-state index in [0.29, 0.717) is 24.2 Å². The maximum absolute atomic E-state index is 13.1. The van der Waals surface area contributed by atoms with Crippen LogP contribution in [0.1, 0.15) is 82.8 Å². The van der Waals surface area contributed by atoms with Gasteiger partial charge in [-0.15, -0.1) is 0 Å². The van der Waals surface area contributed by atoms with Crippen LogP contribution in [0, 0.1) is 5.41 Å². The lowest BCUT2D eigenvalue weighted by atomic mass is 9.98. The number of hydrazone groups is 1. The Morgan fingerprint density at radius 2 is 1.83 bits per heavy atom. The molecule has 1 amide bonds. The number of benzene rings is 2. The van der Waals surface area contributed by atoms with Crippen LogP contribution in [0.5, 0.6) is 5.75 Å². The number of amidine groups is 2. The van der Waals surface area contributed by atoms with E-state index in [1.165, 1.54) is 48.0 Å². The monoisotopic (exact) mass is 569 g/mol. The lowest BCUT2D eigenvalue weighted by Gasteiger charge is -2.20. The highest BCUT2D eigenvalue weighted by Gasteiger charge is 2.35. The van der Waals surface area contributed by atoms with E-state index in [4.69, 9.17) is 10.1 Å². The molecule has 7 nitrogen and oxygen atoms in total. The van der Waals surface area contributed by atoms with Crippen molar-refractivity contribution >= 4 is 50.7 Å². The molecule has 0 fully saturated rings. The van der Waals surface area contributed by atoms with Gasteiger partial charge < -0.3 is 9.30 Å². The molecule has 8 heteroatoms. The van der Waals surface area contributed by atoms with Crippen molar-refractivity contribution in [2.24, 2.45) is 10.1 Å². The number of aromatic nitrogens is 1. The Labute approximate surface area is 246 Å². The first-order chi connectivity index (χ1) is 20.0. The van der Waals surface area contributed by atoms with E-state index >= 15 is 0 Å². The first-order valence-corrected chi connectivity index (χ1v) is 15.6. The number of amides is 1. The molecule has 5 rings (SSSR count). The number of nitrogens with zero attached hydrogens (tertiary/aromatic N) is 4. The first-order valence-electron chi connectivity index (χ1n) is 14.8. The van der Waals surface area contributed by atoms with Crippen molar-refractivity contribution in [2.45, 2.75) is 78.2 Å². The fraction of sp³-hybridized carbons (Fsp3) is 0.394. The van der Waals surface area contributed by atoms with Crippen LogP contribution >= 0.6 is 11.8 Å². The van der Waals surface area contributed by atoms with Crippen LogP contribution < -0.4 is 4.74 Å². The molecule has 0 saturated carbocycles. The summed E-state index contributed by atoms with van der Waals surface area (Å²) in [5.41, 5.74) is 3.41. The normalized spacial score (nSPS) is 16.8. The van der Waals surface area contributed by atoms with Gasteiger partial charge in [0.25, 0.3) is 5.91 Å². The summed E-state index contributed by atoms with van der Waals surface area (Å²) in [4.78, 5) is 17.4. The molecule has 0 spiro atoms. The smallest absolute Gasteiger partial charge is 0.283 e. The maximum Gasteiger partial charge on any atom is 0.283 e. The Morgan fingerprint density at radius 3 is 2.66 bits per heavy atom. The number of unbranched alkanes of at least 4 members (excludes halogenated alkanes) is 4. The van der Waals surface area contributed by atoms with Crippen molar-refractivity contribution in [1.82, 2.24) is 9.58 Å². The number of ether oxygens (including phenoxy) is 1. The summed E-state index contributed by atoms with van der Waals surface area (Å²) in [6.07, 6.45) is 11.6. The fourth-order valence-corrected chi connectivity index (χ4v) is 6.16. The van der Waals surface area contributed by atoms with Crippen molar-refractivity contribution in [3.63, 3.8) is 0 Å². The highest BCUT2D eigenvalue weighted by atomic mass is 32.2. The zero-order valence-electron chi connectivity index (χ0n) is 24.2. The summed E-state index contributed by atoms with van der Waals surface area (Å²) in [7, 11) is 0. The van der Waals surface area contributed by atoms with E-state index in [2.05, 4.69) is 53.6 Å². The highest BCUT2D eigenvalue weighted by molar-refractivity contribution is 8.26. The second-order valence-electron chi connectivity index (χ2n) is 10.7. The second kappa shape index (κ2) is 13.3. The standard InChI is InChI=1S/C33H39N5O2S/c1-4-6-7-8-9-18-30-36-38-31(34)27(32(39)35-33(38)41-30)21-24-22-37(28-16-12-10-15-26(24)28)19-20-40-29-17-13-11-14-25(29)23(3)5-2/h10-17,21-23,34H,4-9,18-20H2,1-3H3/b27-21-,34-31?. The minimum absolute atomic E-state index is 0.0790. The molecule has 0 bridgehead atoms. The van der Waals surface area contributed by atoms with E-state index in [-0.39, 0.29) is 11.4 Å². The number of fused-ring (bicyclic) bond motifs is 2. The summed E-state index contributed by atoms with van der Waals surface area (Å²) in [6, 6.07) is 16.4. The minimum Gasteiger partial charge on any atom is -0.491 e. The average molecular weight is 570 g/mol. The summed E-state index contributed by atoms with van der Waals surface area (Å²) >= 11 is 1.41. The van der Waals surface area contributed by atoms with Crippen LogP contribution in [0.25, 0.3) is 17.0 Å². The molecule has 2 aliphatic rings. The van der Waals surface area contributed by atoms with Gasteiger partial charge in [-0.2, -0.15) is 15.1 Å². The van der Waals surface area contributed by atoms with E-state index in [1.54, 1.807) is 6.08 Å². The first kappa shape index (κ1) is 28.9. The van der Waals surface area contributed by atoms with Gasteiger partial charge in [-0.05, 0) is 60.7 Å². The van der Waals surface area contributed by atoms with Gasteiger partial charge in [-0.3, -0.25) is 10.2 Å². The van der Waals surface area contributed by atoms with Gasteiger partial charge in [0.05, 0.1) is 12.1 Å². The Hall–Kier alpha value is -3.65.